The third-order valence-electron chi connectivity index (χ3n) is 4.88. The lowest BCUT2D eigenvalue weighted by molar-refractivity contribution is 0.0762. The van der Waals surface area contributed by atoms with E-state index in [2.05, 4.69) is 16.5 Å². The van der Waals surface area contributed by atoms with E-state index in [1.165, 1.54) is 38.1 Å². The summed E-state index contributed by atoms with van der Waals surface area (Å²) in [6, 6.07) is 9.98. The fourth-order valence-electron chi connectivity index (χ4n) is 3.35. The zero-order valence-electron chi connectivity index (χ0n) is 15.6. The number of carbonyl (C=O) groups excluding carboxylic acids is 1. The molecule has 27 heavy (non-hydrogen) atoms. The minimum atomic E-state index is -0.283. The van der Waals surface area contributed by atoms with Gasteiger partial charge < -0.3 is 9.80 Å². The minimum absolute atomic E-state index is 0.0992. The summed E-state index contributed by atoms with van der Waals surface area (Å²) in [6.45, 7) is 7.94. The Hall–Kier alpha value is -2.53. The first-order valence-electron chi connectivity index (χ1n) is 9.47. The lowest BCUT2D eigenvalue weighted by atomic mass is 10.1. The number of halogens is 1. The number of carbonyl (C=O) groups is 1. The van der Waals surface area contributed by atoms with Crippen molar-refractivity contribution < 1.29 is 9.18 Å². The zero-order chi connectivity index (χ0) is 19.1. The number of hydrogen-bond donors (Lipinski definition) is 0. The van der Waals surface area contributed by atoms with E-state index in [9.17, 15) is 9.18 Å². The van der Waals surface area contributed by atoms with Gasteiger partial charge in [0.25, 0.3) is 5.91 Å². The highest BCUT2D eigenvalue weighted by molar-refractivity contribution is 5.94. The standard InChI is InChI=1S/C22H26FN3O/c1-2-12-26(17-18-5-8-20(23)9-6-18)22(27)19-7-10-21(24-16-19)11-15-25-13-3-4-14-25/h2,5-10,16H,1,3-4,11-15,17H2. The molecule has 4 nitrogen and oxygen atoms in total. The maximum Gasteiger partial charge on any atom is 0.255 e. The Kier molecular flexibility index (Phi) is 6.71. The van der Waals surface area contributed by atoms with Crippen molar-refractivity contribution >= 4 is 5.91 Å². The molecule has 0 aliphatic carbocycles. The van der Waals surface area contributed by atoms with Crippen LogP contribution in [-0.2, 0) is 13.0 Å². The van der Waals surface area contributed by atoms with Crippen molar-refractivity contribution in [2.75, 3.05) is 26.2 Å². The molecule has 0 saturated carbocycles. The van der Waals surface area contributed by atoms with Crippen LogP contribution in [0.5, 0.6) is 0 Å². The second kappa shape index (κ2) is 9.42. The first-order chi connectivity index (χ1) is 13.2. The van der Waals surface area contributed by atoms with Gasteiger partial charge in [-0.25, -0.2) is 4.39 Å². The summed E-state index contributed by atoms with van der Waals surface area (Å²) >= 11 is 0. The number of pyridine rings is 1. The predicted molar refractivity (Wildman–Crippen MR) is 105 cm³/mol. The SMILES string of the molecule is C=CCN(Cc1ccc(F)cc1)C(=O)c1ccc(CCN2CCCC2)nc1. The predicted octanol–water partition coefficient (Wildman–Crippen LogP) is 3.69. The molecule has 1 fully saturated rings. The molecule has 3 rings (SSSR count). The fraction of sp³-hybridized carbons (Fsp3) is 0.364. The molecule has 0 atom stereocenters. The highest BCUT2D eigenvalue weighted by atomic mass is 19.1. The van der Waals surface area contributed by atoms with Gasteiger partial charge >= 0.3 is 0 Å². The molecular formula is C22H26FN3O. The van der Waals surface area contributed by atoms with E-state index in [1.807, 2.05) is 12.1 Å². The molecule has 0 unspecified atom stereocenters. The van der Waals surface area contributed by atoms with Gasteiger partial charge in [0, 0.05) is 37.9 Å². The first-order valence-corrected chi connectivity index (χ1v) is 9.47. The molecule has 1 aromatic heterocycles. The Morgan fingerprint density at radius 3 is 2.56 bits per heavy atom. The van der Waals surface area contributed by atoms with Gasteiger partial charge in [0.2, 0.25) is 0 Å². The van der Waals surface area contributed by atoms with E-state index in [0.717, 1.165) is 24.2 Å². The molecular weight excluding hydrogens is 341 g/mol. The van der Waals surface area contributed by atoms with Crippen LogP contribution in [0.25, 0.3) is 0 Å². The van der Waals surface area contributed by atoms with Crippen LogP contribution in [0, 0.1) is 5.82 Å². The van der Waals surface area contributed by atoms with Crippen molar-refractivity contribution in [3.63, 3.8) is 0 Å². The quantitative estimate of drug-likeness (QED) is 0.668. The molecule has 142 valence electrons. The summed E-state index contributed by atoms with van der Waals surface area (Å²) in [4.78, 5) is 21.4. The summed E-state index contributed by atoms with van der Waals surface area (Å²) in [6.07, 6.45) is 6.82. The van der Waals surface area contributed by atoms with Gasteiger partial charge in [-0.05, 0) is 55.8 Å². The molecule has 2 aromatic rings. The second-order valence-corrected chi connectivity index (χ2v) is 6.94. The summed E-state index contributed by atoms with van der Waals surface area (Å²) in [5, 5.41) is 0. The first kappa shape index (κ1) is 19.2. The highest BCUT2D eigenvalue weighted by Crippen LogP contribution is 2.12. The molecule has 1 aliphatic heterocycles. The summed E-state index contributed by atoms with van der Waals surface area (Å²) in [7, 11) is 0. The number of amides is 1. The van der Waals surface area contributed by atoms with Crippen LogP contribution >= 0.6 is 0 Å². The van der Waals surface area contributed by atoms with Crippen molar-refractivity contribution in [2.45, 2.75) is 25.8 Å². The fourth-order valence-corrected chi connectivity index (χ4v) is 3.35. The molecule has 1 aliphatic rings. The maximum absolute atomic E-state index is 13.1. The van der Waals surface area contributed by atoms with Crippen molar-refractivity contribution in [3.05, 3.63) is 77.9 Å². The van der Waals surface area contributed by atoms with E-state index in [-0.39, 0.29) is 11.7 Å². The van der Waals surface area contributed by atoms with Gasteiger partial charge in [-0.15, -0.1) is 6.58 Å². The lowest BCUT2D eigenvalue weighted by Crippen LogP contribution is -2.30. The van der Waals surface area contributed by atoms with Crippen LogP contribution in [0.15, 0.2) is 55.3 Å². The Labute approximate surface area is 160 Å². The van der Waals surface area contributed by atoms with E-state index >= 15 is 0 Å². The zero-order valence-corrected chi connectivity index (χ0v) is 15.6. The van der Waals surface area contributed by atoms with Gasteiger partial charge in [0.05, 0.1) is 5.56 Å². The minimum Gasteiger partial charge on any atom is -0.331 e. The third kappa shape index (κ3) is 5.47. The van der Waals surface area contributed by atoms with Crippen molar-refractivity contribution in [3.8, 4) is 0 Å². The van der Waals surface area contributed by atoms with Crippen molar-refractivity contribution in [1.29, 1.82) is 0 Å². The van der Waals surface area contributed by atoms with Crippen molar-refractivity contribution in [2.24, 2.45) is 0 Å². The number of likely N-dealkylation sites (tertiary alicyclic amines) is 1. The smallest absolute Gasteiger partial charge is 0.255 e. The second-order valence-electron chi connectivity index (χ2n) is 6.94. The number of aromatic nitrogens is 1. The Balaban J connectivity index is 1.62. The van der Waals surface area contributed by atoms with Crippen LogP contribution in [0.1, 0.15) is 34.5 Å². The van der Waals surface area contributed by atoms with Crippen LogP contribution in [0.4, 0.5) is 4.39 Å². The maximum atomic E-state index is 13.1. The highest BCUT2D eigenvalue weighted by Gasteiger charge is 2.16. The molecule has 0 bridgehead atoms. The Morgan fingerprint density at radius 1 is 1.19 bits per heavy atom. The van der Waals surface area contributed by atoms with Crippen molar-refractivity contribution in [1.82, 2.24) is 14.8 Å². The third-order valence-corrected chi connectivity index (χ3v) is 4.88. The summed E-state index contributed by atoms with van der Waals surface area (Å²) in [5.41, 5.74) is 2.44. The average Bonchev–Trinajstić information content (AvgIpc) is 3.21. The van der Waals surface area contributed by atoms with Crippen LogP contribution < -0.4 is 0 Å². The molecule has 0 spiro atoms. The van der Waals surface area contributed by atoms with E-state index < -0.39 is 0 Å². The molecule has 1 aromatic carbocycles. The number of rotatable bonds is 8. The van der Waals surface area contributed by atoms with Crippen LogP contribution in [0.2, 0.25) is 0 Å². The topological polar surface area (TPSA) is 36.4 Å². The van der Waals surface area contributed by atoms with Gasteiger partial charge in [-0.3, -0.25) is 9.78 Å². The normalized spacial score (nSPS) is 14.3. The van der Waals surface area contributed by atoms with E-state index in [0.29, 0.717) is 18.7 Å². The number of nitrogens with zero attached hydrogens (tertiary/aromatic N) is 3. The van der Waals surface area contributed by atoms with Gasteiger partial charge in [-0.1, -0.05) is 18.2 Å². The molecule has 0 radical (unpaired) electrons. The molecule has 1 amide bonds. The molecule has 5 heteroatoms. The van der Waals surface area contributed by atoms with Gasteiger partial charge in [0.15, 0.2) is 0 Å². The van der Waals surface area contributed by atoms with Crippen LogP contribution in [-0.4, -0.2) is 46.9 Å². The Bertz CT molecular complexity index is 752. The average molecular weight is 367 g/mol. The summed E-state index contributed by atoms with van der Waals surface area (Å²) < 4.78 is 13.1. The summed E-state index contributed by atoms with van der Waals surface area (Å²) in [5.74, 6) is -0.383. The van der Waals surface area contributed by atoms with E-state index in [1.54, 1.807) is 29.3 Å². The number of benzene rings is 1. The largest absolute Gasteiger partial charge is 0.331 e. The van der Waals surface area contributed by atoms with Crippen LogP contribution in [0.3, 0.4) is 0 Å². The molecule has 0 N–H and O–H groups in total. The number of hydrogen-bond acceptors (Lipinski definition) is 3. The lowest BCUT2D eigenvalue weighted by Gasteiger charge is -2.21. The molecule has 1 saturated heterocycles. The van der Waals surface area contributed by atoms with Gasteiger partial charge in [0.1, 0.15) is 5.82 Å². The Morgan fingerprint density at radius 2 is 1.93 bits per heavy atom. The van der Waals surface area contributed by atoms with Gasteiger partial charge in [-0.2, -0.15) is 0 Å². The molecule has 2 heterocycles. The monoisotopic (exact) mass is 367 g/mol. The van der Waals surface area contributed by atoms with E-state index in [4.69, 9.17) is 0 Å².